The van der Waals surface area contributed by atoms with Gasteiger partial charge >= 0.3 is 6.03 Å². The number of rotatable bonds is 7. The van der Waals surface area contributed by atoms with Crippen molar-refractivity contribution >= 4 is 46.4 Å². The maximum absolute atomic E-state index is 15.3. The zero-order valence-electron chi connectivity index (χ0n) is 31.3. The molecule has 3 aromatic carbocycles. The van der Waals surface area contributed by atoms with Crippen LogP contribution in [-0.2, 0) is 17.8 Å². The van der Waals surface area contributed by atoms with E-state index in [9.17, 15) is 14.4 Å². The molecule has 12 nitrogen and oxygen atoms in total. The van der Waals surface area contributed by atoms with Crippen LogP contribution in [0.15, 0.2) is 48.5 Å². The number of hydrogen-bond donors (Lipinski definition) is 3. The average Bonchev–Trinajstić information content (AvgIpc) is 3.42. The first-order valence-electron chi connectivity index (χ1n) is 19.0. The summed E-state index contributed by atoms with van der Waals surface area (Å²) < 4.78 is 17.1. The van der Waals surface area contributed by atoms with Crippen LogP contribution in [0.3, 0.4) is 0 Å². The fourth-order valence-electron chi connectivity index (χ4n) is 8.46. The number of carbonyl (C=O) groups excluding carboxylic acids is 3. The van der Waals surface area contributed by atoms with Gasteiger partial charge in [0.05, 0.1) is 0 Å². The molecule has 4 N–H and O–H groups in total. The molecule has 8 rings (SSSR count). The minimum Gasteiger partial charge on any atom is -0.372 e. The van der Waals surface area contributed by atoms with Gasteiger partial charge in [0, 0.05) is 93.6 Å². The molecule has 0 radical (unpaired) electrons. The van der Waals surface area contributed by atoms with Gasteiger partial charge in [-0.25, -0.2) is 13.9 Å². The molecule has 0 atom stereocenters. The number of halogens is 1. The Balaban J connectivity index is 0.857. The standard InChI is InChI=1S/C41H48FN9O3/c1-25-4-7-32(37(42)27(25)3)38-36(39(43)53)40-44-33-8-5-31(23-29(33)12-17-51(40)46-38)49-20-18-47(19-21-49)24-28-10-14-48(15-11-28)30-6-9-34(26(2)22-30)50-16-13-35(52)45-41(50)54/h4-9,22-23,28,44H,10-21,24H2,1-3H3,(H2,43,53)(H,45,52,54). The van der Waals surface area contributed by atoms with Gasteiger partial charge < -0.3 is 20.9 Å². The zero-order valence-corrected chi connectivity index (χ0v) is 31.3. The van der Waals surface area contributed by atoms with Gasteiger partial charge in [-0.3, -0.25) is 24.7 Å². The van der Waals surface area contributed by atoms with E-state index in [1.54, 1.807) is 22.6 Å². The second kappa shape index (κ2) is 14.4. The van der Waals surface area contributed by atoms with Gasteiger partial charge in [-0.05, 0) is 111 Å². The summed E-state index contributed by atoms with van der Waals surface area (Å²) >= 11 is 0. The van der Waals surface area contributed by atoms with Gasteiger partial charge in [0.25, 0.3) is 5.91 Å². The lowest BCUT2D eigenvalue weighted by atomic mass is 9.95. The molecular formula is C41H48FN9O3. The number of hydrogen-bond acceptors (Lipinski definition) is 8. The zero-order chi connectivity index (χ0) is 37.7. The van der Waals surface area contributed by atoms with Crippen molar-refractivity contribution in [2.75, 3.05) is 72.4 Å². The van der Waals surface area contributed by atoms with Crippen molar-refractivity contribution in [2.45, 2.75) is 53.0 Å². The van der Waals surface area contributed by atoms with E-state index in [0.717, 1.165) is 86.7 Å². The molecule has 13 heteroatoms. The fraction of sp³-hybridized carbons (Fsp3) is 0.415. The predicted octanol–water partition coefficient (Wildman–Crippen LogP) is 5.50. The normalized spacial score (nSPS) is 18.2. The lowest BCUT2D eigenvalue weighted by Gasteiger charge is -2.40. The Bertz CT molecular complexity index is 2130. The smallest absolute Gasteiger partial charge is 0.328 e. The highest BCUT2D eigenvalue weighted by molar-refractivity contribution is 6.06. The van der Waals surface area contributed by atoms with E-state index >= 15 is 4.39 Å². The molecule has 1 aromatic heterocycles. The molecule has 3 saturated heterocycles. The first kappa shape index (κ1) is 35.6. The molecule has 4 aliphatic rings. The van der Waals surface area contributed by atoms with E-state index in [2.05, 4.69) is 55.7 Å². The van der Waals surface area contributed by atoms with Crippen LogP contribution in [0, 0.1) is 32.5 Å². The number of nitrogens with one attached hydrogen (secondary N) is 2. The second-order valence-corrected chi connectivity index (χ2v) is 15.2. The molecule has 4 aliphatic heterocycles. The van der Waals surface area contributed by atoms with Crippen LogP contribution < -0.4 is 31.1 Å². The number of nitrogens with zero attached hydrogens (tertiary/aromatic N) is 6. The third kappa shape index (κ3) is 6.76. The molecule has 5 heterocycles. The third-order valence-electron chi connectivity index (χ3n) is 11.8. The molecule has 4 aromatic rings. The van der Waals surface area contributed by atoms with Crippen LogP contribution in [0.25, 0.3) is 11.3 Å². The number of imide groups is 1. The minimum atomic E-state index is -0.646. The molecule has 0 unspecified atom stereocenters. The number of nitrogens with two attached hydrogens (primary N) is 1. The minimum absolute atomic E-state index is 0.199. The number of piperidine rings is 1. The summed E-state index contributed by atoms with van der Waals surface area (Å²) in [7, 11) is 0. The van der Waals surface area contributed by atoms with Crippen molar-refractivity contribution in [1.82, 2.24) is 20.0 Å². The summed E-state index contributed by atoms with van der Waals surface area (Å²) in [5, 5.41) is 10.5. The van der Waals surface area contributed by atoms with E-state index in [1.807, 2.05) is 26.0 Å². The van der Waals surface area contributed by atoms with Crippen LogP contribution in [0.5, 0.6) is 0 Å². The van der Waals surface area contributed by atoms with Crippen molar-refractivity contribution in [2.24, 2.45) is 11.7 Å². The summed E-state index contributed by atoms with van der Waals surface area (Å²) in [5.41, 5.74) is 14.3. The fourth-order valence-corrected chi connectivity index (χ4v) is 8.46. The summed E-state index contributed by atoms with van der Waals surface area (Å²) in [5.74, 6) is -0.0991. The topological polar surface area (TPSA) is 132 Å². The molecule has 0 aliphatic carbocycles. The number of anilines is 5. The average molecular weight is 734 g/mol. The van der Waals surface area contributed by atoms with Crippen LogP contribution in [0.1, 0.15) is 51.9 Å². The molecular weight excluding hydrogens is 686 g/mol. The van der Waals surface area contributed by atoms with Crippen LogP contribution in [-0.4, -0.2) is 84.9 Å². The Morgan fingerprint density at radius 1 is 0.833 bits per heavy atom. The van der Waals surface area contributed by atoms with Gasteiger partial charge in [0.2, 0.25) is 5.91 Å². The quantitative estimate of drug-likeness (QED) is 0.227. The summed E-state index contributed by atoms with van der Waals surface area (Å²) in [6, 6.07) is 15.9. The molecule has 3 fully saturated rings. The van der Waals surface area contributed by atoms with E-state index < -0.39 is 5.91 Å². The van der Waals surface area contributed by atoms with Crippen molar-refractivity contribution in [3.63, 3.8) is 0 Å². The lowest BCUT2D eigenvalue weighted by Crippen LogP contribution is -2.49. The van der Waals surface area contributed by atoms with E-state index in [1.165, 1.54) is 11.4 Å². The Morgan fingerprint density at radius 3 is 2.28 bits per heavy atom. The highest BCUT2D eigenvalue weighted by Crippen LogP contribution is 2.38. The maximum Gasteiger partial charge on any atom is 0.328 e. The van der Waals surface area contributed by atoms with Gasteiger partial charge in [-0.15, -0.1) is 0 Å². The highest BCUT2D eigenvalue weighted by atomic mass is 19.1. The van der Waals surface area contributed by atoms with Crippen molar-refractivity contribution in [3.8, 4) is 11.3 Å². The van der Waals surface area contributed by atoms with E-state index in [0.29, 0.717) is 43.2 Å². The number of fused-ring (bicyclic) bond motifs is 2. The number of carbonyl (C=O) groups is 3. The Labute approximate surface area is 315 Å². The summed E-state index contributed by atoms with van der Waals surface area (Å²) in [6.07, 6.45) is 3.31. The number of primary amides is 1. The number of piperazine rings is 1. The van der Waals surface area contributed by atoms with Crippen LogP contribution >= 0.6 is 0 Å². The SMILES string of the molecule is Cc1cc(N2CCC(CN3CCN(c4ccc5c(c4)CCn4nc(-c6ccc(C)c(C)c6F)c(C(N)=O)c4N5)CC3)CC2)ccc1N1CCC(=O)NC1=O. The molecule has 0 bridgehead atoms. The third-order valence-corrected chi connectivity index (χ3v) is 11.8. The Kier molecular flexibility index (Phi) is 9.51. The van der Waals surface area contributed by atoms with Gasteiger partial charge in [-0.1, -0.05) is 6.07 Å². The van der Waals surface area contributed by atoms with Crippen molar-refractivity contribution < 1.29 is 18.8 Å². The molecule has 282 valence electrons. The second-order valence-electron chi connectivity index (χ2n) is 15.2. The van der Waals surface area contributed by atoms with Gasteiger partial charge in [0.15, 0.2) is 0 Å². The van der Waals surface area contributed by atoms with Crippen LogP contribution in [0.2, 0.25) is 0 Å². The highest BCUT2D eigenvalue weighted by Gasteiger charge is 2.30. The largest absolute Gasteiger partial charge is 0.372 e. The lowest BCUT2D eigenvalue weighted by molar-refractivity contribution is -0.120. The van der Waals surface area contributed by atoms with Crippen LogP contribution in [0.4, 0.5) is 37.8 Å². The summed E-state index contributed by atoms with van der Waals surface area (Å²) in [4.78, 5) is 45.9. The van der Waals surface area contributed by atoms with E-state index in [-0.39, 0.29) is 34.6 Å². The Morgan fingerprint density at radius 2 is 1.56 bits per heavy atom. The van der Waals surface area contributed by atoms with Crippen molar-refractivity contribution in [1.29, 1.82) is 0 Å². The number of amides is 4. The number of benzene rings is 3. The molecule has 0 spiro atoms. The molecule has 4 amide bonds. The maximum atomic E-state index is 15.3. The number of urea groups is 1. The first-order chi connectivity index (χ1) is 26.0. The molecule has 0 saturated carbocycles. The predicted molar refractivity (Wildman–Crippen MR) is 209 cm³/mol. The van der Waals surface area contributed by atoms with Crippen molar-refractivity contribution in [3.05, 3.63) is 82.2 Å². The number of aryl methyl sites for hydroxylation is 4. The van der Waals surface area contributed by atoms with Gasteiger partial charge in [0.1, 0.15) is 22.9 Å². The van der Waals surface area contributed by atoms with Gasteiger partial charge in [-0.2, -0.15) is 5.10 Å². The number of aromatic nitrogens is 2. The molecule has 54 heavy (non-hydrogen) atoms. The van der Waals surface area contributed by atoms with E-state index in [4.69, 9.17) is 10.8 Å². The Hall–Kier alpha value is -5.43. The monoisotopic (exact) mass is 733 g/mol. The first-order valence-corrected chi connectivity index (χ1v) is 19.0. The summed E-state index contributed by atoms with van der Waals surface area (Å²) in [6.45, 7) is 13.6.